The van der Waals surface area contributed by atoms with Crippen LogP contribution < -0.4 is 0 Å². The second kappa shape index (κ2) is 10.3. The number of fused-ring (bicyclic) bond motifs is 3. The molecule has 5 heteroatoms. The highest BCUT2D eigenvalue weighted by Crippen LogP contribution is 2.60. The van der Waals surface area contributed by atoms with Gasteiger partial charge in [0, 0.05) is 44.1 Å². The van der Waals surface area contributed by atoms with Crippen molar-refractivity contribution in [2.75, 3.05) is 52.9 Å². The predicted molar refractivity (Wildman–Crippen MR) is 143 cm³/mol. The first-order valence-corrected chi connectivity index (χ1v) is 14.1. The van der Waals surface area contributed by atoms with Crippen molar-refractivity contribution in [3.63, 3.8) is 0 Å². The van der Waals surface area contributed by atoms with Crippen molar-refractivity contribution in [2.24, 2.45) is 5.92 Å². The van der Waals surface area contributed by atoms with Crippen molar-refractivity contribution >= 4 is 5.97 Å². The molecular formula is C31H41N3O2. The van der Waals surface area contributed by atoms with E-state index in [4.69, 9.17) is 4.74 Å². The van der Waals surface area contributed by atoms with E-state index in [0.29, 0.717) is 24.3 Å². The summed E-state index contributed by atoms with van der Waals surface area (Å²) in [5, 5.41) is 0. The molecule has 3 unspecified atom stereocenters. The number of likely N-dealkylation sites (N-methyl/N-ethyl adjacent to an activating group) is 1. The molecule has 5 fully saturated rings. The van der Waals surface area contributed by atoms with Gasteiger partial charge in [0.1, 0.15) is 6.10 Å². The molecule has 3 atom stereocenters. The Morgan fingerprint density at radius 3 is 1.92 bits per heavy atom. The van der Waals surface area contributed by atoms with Crippen molar-refractivity contribution in [3.05, 3.63) is 71.8 Å². The van der Waals surface area contributed by atoms with E-state index in [-0.39, 0.29) is 17.6 Å². The van der Waals surface area contributed by atoms with Gasteiger partial charge < -0.3 is 9.64 Å². The molecule has 2 bridgehead atoms. The van der Waals surface area contributed by atoms with Crippen LogP contribution in [-0.4, -0.2) is 85.2 Å². The number of likely N-dealkylation sites (tertiary alicyclic amines) is 1. The zero-order chi connectivity index (χ0) is 24.5. The molecule has 2 aliphatic heterocycles. The largest absolute Gasteiger partial charge is 0.461 e. The van der Waals surface area contributed by atoms with Crippen LogP contribution in [0.4, 0.5) is 0 Å². The van der Waals surface area contributed by atoms with Gasteiger partial charge in [0.2, 0.25) is 0 Å². The molecule has 36 heavy (non-hydrogen) atoms. The average Bonchev–Trinajstić information content (AvgIpc) is 3.47. The number of esters is 1. The topological polar surface area (TPSA) is 36.0 Å². The van der Waals surface area contributed by atoms with E-state index in [1.54, 1.807) is 0 Å². The van der Waals surface area contributed by atoms with Crippen molar-refractivity contribution < 1.29 is 9.53 Å². The Balaban J connectivity index is 1.33. The van der Waals surface area contributed by atoms with Gasteiger partial charge in [0.25, 0.3) is 0 Å². The third-order valence-corrected chi connectivity index (χ3v) is 9.60. The molecule has 2 aromatic rings. The van der Waals surface area contributed by atoms with Crippen LogP contribution in [0.15, 0.2) is 60.7 Å². The zero-order valence-electron chi connectivity index (χ0n) is 21.7. The molecule has 3 saturated carbocycles. The fourth-order valence-corrected chi connectivity index (χ4v) is 7.82. The maximum absolute atomic E-state index is 13.4. The number of carbonyl (C=O) groups excluding carboxylic acids is 1. The van der Waals surface area contributed by atoms with Crippen molar-refractivity contribution in [1.82, 2.24) is 14.7 Å². The number of hydrogen-bond acceptors (Lipinski definition) is 5. The molecule has 0 aromatic heterocycles. The molecule has 5 nitrogen and oxygen atoms in total. The zero-order valence-corrected chi connectivity index (χ0v) is 21.7. The van der Waals surface area contributed by atoms with Crippen LogP contribution in [0.2, 0.25) is 0 Å². The number of nitrogens with zero attached hydrogens (tertiary/aromatic N) is 3. The fraction of sp³-hybridized carbons (Fsp3) is 0.581. The number of piperazine rings is 1. The van der Waals surface area contributed by atoms with E-state index in [1.165, 1.54) is 49.9 Å². The molecule has 2 aromatic carbocycles. The van der Waals surface area contributed by atoms with E-state index in [2.05, 4.69) is 82.4 Å². The third-order valence-electron chi connectivity index (χ3n) is 9.60. The van der Waals surface area contributed by atoms with E-state index in [1.807, 2.05) is 0 Å². The Labute approximate surface area is 216 Å². The summed E-state index contributed by atoms with van der Waals surface area (Å²) in [5.41, 5.74) is 2.92. The predicted octanol–water partition coefficient (Wildman–Crippen LogP) is 4.36. The van der Waals surface area contributed by atoms with Gasteiger partial charge in [0.05, 0.1) is 6.54 Å². The van der Waals surface area contributed by atoms with Crippen LogP contribution in [0, 0.1) is 5.92 Å². The number of carbonyl (C=O) groups is 1. The maximum atomic E-state index is 13.4. The minimum absolute atomic E-state index is 0.0349. The Hall–Kier alpha value is -2.21. The maximum Gasteiger partial charge on any atom is 0.320 e. The van der Waals surface area contributed by atoms with Crippen LogP contribution in [-0.2, 0) is 9.53 Å². The minimum atomic E-state index is -0.0384. The van der Waals surface area contributed by atoms with E-state index >= 15 is 0 Å². The van der Waals surface area contributed by atoms with Crippen LogP contribution in [0.5, 0.6) is 0 Å². The smallest absolute Gasteiger partial charge is 0.320 e. The minimum Gasteiger partial charge on any atom is -0.461 e. The molecule has 0 radical (unpaired) electrons. The summed E-state index contributed by atoms with van der Waals surface area (Å²) in [6, 6.07) is 22.1. The van der Waals surface area contributed by atoms with Crippen LogP contribution in [0.1, 0.15) is 55.1 Å². The first-order chi connectivity index (χ1) is 17.6. The molecule has 0 spiro atoms. The second-order valence-electron chi connectivity index (χ2n) is 11.8. The third kappa shape index (κ3) is 4.73. The summed E-state index contributed by atoms with van der Waals surface area (Å²) < 4.78 is 6.52. The van der Waals surface area contributed by atoms with E-state index in [9.17, 15) is 4.79 Å². The van der Waals surface area contributed by atoms with Gasteiger partial charge in [-0.25, -0.2) is 0 Å². The van der Waals surface area contributed by atoms with Crippen LogP contribution in [0.3, 0.4) is 0 Å². The van der Waals surface area contributed by atoms with Gasteiger partial charge in [-0.05, 0) is 68.8 Å². The van der Waals surface area contributed by atoms with Crippen LogP contribution in [0.25, 0.3) is 0 Å². The molecule has 5 aliphatic rings. The molecule has 7 rings (SSSR count). The lowest BCUT2D eigenvalue weighted by Crippen LogP contribution is -2.62. The fourth-order valence-electron chi connectivity index (χ4n) is 7.82. The quantitative estimate of drug-likeness (QED) is 0.566. The van der Waals surface area contributed by atoms with Gasteiger partial charge in [0.15, 0.2) is 0 Å². The number of hydrogen-bond donors (Lipinski definition) is 0. The SMILES string of the molecule is CN1CCN(CC(=O)OC2CC3(N4CCCC4)CC(c4ccccc4)C2C(c2ccccc2)C3)CC1. The number of benzene rings is 2. The van der Waals surface area contributed by atoms with Gasteiger partial charge in [-0.3, -0.25) is 14.6 Å². The normalized spacial score (nSPS) is 33.6. The highest BCUT2D eigenvalue weighted by Gasteiger charge is 2.59. The highest BCUT2D eigenvalue weighted by atomic mass is 16.5. The van der Waals surface area contributed by atoms with Gasteiger partial charge in [-0.2, -0.15) is 0 Å². The summed E-state index contributed by atoms with van der Waals surface area (Å²) in [4.78, 5) is 20.7. The Kier molecular flexibility index (Phi) is 6.89. The summed E-state index contributed by atoms with van der Waals surface area (Å²) in [5.74, 6) is 1.09. The van der Waals surface area contributed by atoms with Gasteiger partial charge in [-0.1, -0.05) is 60.7 Å². The monoisotopic (exact) mass is 487 g/mol. The Morgan fingerprint density at radius 2 is 1.36 bits per heavy atom. The van der Waals surface area contributed by atoms with E-state index in [0.717, 1.165) is 32.6 Å². The second-order valence-corrected chi connectivity index (χ2v) is 11.8. The lowest BCUT2D eigenvalue weighted by atomic mass is 9.51. The lowest BCUT2D eigenvalue weighted by Gasteiger charge is -2.61. The molecule has 3 aliphatic carbocycles. The first-order valence-electron chi connectivity index (χ1n) is 14.1. The molecule has 0 N–H and O–H groups in total. The molecule has 2 saturated heterocycles. The van der Waals surface area contributed by atoms with Gasteiger partial charge in [-0.15, -0.1) is 0 Å². The molecule has 192 valence electrons. The number of rotatable bonds is 6. The highest BCUT2D eigenvalue weighted by molar-refractivity contribution is 5.72. The molecule has 0 amide bonds. The summed E-state index contributed by atoms with van der Waals surface area (Å²) >= 11 is 0. The summed E-state index contributed by atoms with van der Waals surface area (Å²) in [6.45, 7) is 6.69. The number of ether oxygens (including phenoxy) is 1. The van der Waals surface area contributed by atoms with Crippen molar-refractivity contribution in [3.8, 4) is 0 Å². The Morgan fingerprint density at radius 1 is 0.806 bits per heavy atom. The Bertz CT molecular complexity index is 965. The van der Waals surface area contributed by atoms with Gasteiger partial charge >= 0.3 is 5.97 Å². The molecular weight excluding hydrogens is 446 g/mol. The van der Waals surface area contributed by atoms with Crippen molar-refractivity contribution in [1.29, 1.82) is 0 Å². The van der Waals surface area contributed by atoms with E-state index < -0.39 is 0 Å². The first kappa shape index (κ1) is 24.1. The standard InChI is InChI=1S/C31H41N3O2/c1-32-16-18-33(19-17-32)23-29(35)36-28-22-31(34-14-8-9-15-34)20-26(24-10-4-2-5-11-24)30(28)27(21-31)25-12-6-3-7-13-25/h2-7,10-13,26-28,30H,8-9,14-23H2,1H3. The van der Waals surface area contributed by atoms with Crippen molar-refractivity contribution in [2.45, 2.75) is 55.6 Å². The summed E-state index contributed by atoms with van der Waals surface area (Å²) in [6.07, 6.45) is 5.87. The van der Waals surface area contributed by atoms with Crippen LogP contribution >= 0.6 is 0 Å². The average molecular weight is 488 g/mol. The molecule has 2 heterocycles. The lowest BCUT2D eigenvalue weighted by molar-refractivity contribution is -0.169. The summed E-state index contributed by atoms with van der Waals surface area (Å²) in [7, 11) is 2.15.